The summed E-state index contributed by atoms with van der Waals surface area (Å²) in [7, 11) is 2.10. The predicted octanol–water partition coefficient (Wildman–Crippen LogP) is 7.33. The molecule has 0 N–H and O–H groups in total. The van der Waals surface area contributed by atoms with Crippen molar-refractivity contribution in [3.05, 3.63) is 65.5 Å². The Morgan fingerprint density at radius 3 is 1.88 bits per heavy atom. The van der Waals surface area contributed by atoms with Gasteiger partial charge in [-0.3, -0.25) is 0 Å². The number of aromatic nitrogens is 2. The Morgan fingerprint density at radius 2 is 1.27 bits per heavy atom. The van der Waals surface area contributed by atoms with Gasteiger partial charge in [0.25, 0.3) is 0 Å². The molecule has 0 amide bonds. The van der Waals surface area contributed by atoms with Gasteiger partial charge in [0.1, 0.15) is 5.82 Å². The van der Waals surface area contributed by atoms with Crippen LogP contribution in [0.5, 0.6) is 0 Å². The van der Waals surface area contributed by atoms with Crippen LogP contribution in [0.1, 0.15) is 0 Å². The lowest BCUT2D eigenvalue weighted by atomic mass is 10.3. The fraction of sp³-hybridized carbons (Fsp3) is 0.0500. The molecule has 5 aromatic rings. The first-order chi connectivity index (χ1) is 12.8. The second kappa shape index (κ2) is 6.63. The molecule has 0 aliphatic heterocycles. The first-order valence-electron chi connectivity index (χ1n) is 8.09. The normalized spacial score (nSPS) is 11.3. The molecule has 0 bridgehead atoms. The Kier molecular flexibility index (Phi) is 4.13. The van der Waals surface area contributed by atoms with Crippen LogP contribution >= 0.6 is 45.3 Å². The highest BCUT2D eigenvalue weighted by atomic mass is 32.1. The van der Waals surface area contributed by atoms with Gasteiger partial charge in [0, 0.05) is 26.6 Å². The molecule has 2 nitrogen and oxygen atoms in total. The van der Waals surface area contributed by atoms with E-state index in [0.29, 0.717) is 0 Å². The largest absolute Gasteiger partial charge is 0.326 e. The molecule has 26 heavy (non-hydrogen) atoms. The zero-order chi connectivity index (χ0) is 17.5. The standard InChI is InChI=1S/C20H14N2S4/c1-22-13(14-6-7-17(25-14)15-4-2-10-23-15)12-21-20(22)19-9-8-18(26-19)16-5-3-11-24-16/h2-12H,1H3. The Balaban J connectivity index is 1.49. The van der Waals surface area contributed by atoms with Gasteiger partial charge in [0.2, 0.25) is 0 Å². The van der Waals surface area contributed by atoms with Crippen LogP contribution in [0.15, 0.2) is 65.5 Å². The van der Waals surface area contributed by atoms with E-state index in [0.717, 1.165) is 5.82 Å². The number of rotatable bonds is 4. The van der Waals surface area contributed by atoms with E-state index in [1.807, 2.05) is 17.5 Å². The minimum absolute atomic E-state index is 1.03. The highest BCUT2D eigenvalue weighted by Gasteiger charge is 2.15. The molecule has 0 aliphatic carbocycles. The summed E-state index contributed by atoms with van der Waals surface area (Å²) in [4.78, 5) is 12.4. The minimum atomic E-state index is 1.03. The maximum absolute atomic E-state index is 4.72. The lowest BCUT2D eigenvalue weighted by molar-refractivity contribution is 0.938. The third-order valence-electron chi connectivity index (χ3n) is 4.20. The van der Waals surface area contributed by atoms with Gasteiger partial charge in [-0.2, -0.15) is 0 Å². The van der Waals surface area contributed by atoms with E-state index < -0.39 is 0 Å². The Hall–Kier alpha value is -1.99. The van der Waals surface area contributed by atoms with Crippen LogP contribution in [0.2, 0.25) is 0 Å². The summed E-state index contributed by atoms with van der Waals surface area (Å²) in [5.41, 5.74) is 1.17. The van der Waals surface area contributed by atoms with Gasteiger partial charge in [0.15, 0.2) is 0 Å². The molecule has 0 atom stereocenters. The number of nitrogens with zero attached hydrogens (tertiary/aromatic N) is 2. The summed E-state index contributed by atoms with van der Waals surface area (Å²) in [6.07, 6.45) is 1.99. The van der Waals surface area contributed by atoms with Crippen molar-refractivity contribution in [1.82, 2.24) is 9.55 Å². The maximum atomic E-state index is 4.72. The third kappa shape index (κ3) is 2.79. The summed E-state index contributed by atoms with van der Waals surface area (Å²) in [5.74, 6) is 1.03. The number of hydrogen-bond acceptors (Lipinski definition) is 5. The Bertz CT molecular complexity index is 1050. The fourth-order valence-corrected chi connectivity index (χ4v) is 6.66. The quantitative estimate of drug-likeness (QED) is 0.303. The second-order valence-electron chi connectivity index (χ2n) is 5.81. The zero-order valence-electron chi connectivity index (χ0n) is 13.9. The Labute approximate surface area is 167 Å². The molecule has 0 aliphatic rings. The van der Waals surface area contributed by atoms with Crippen LogP contribution in [0.4, 0.5) is 0 Å². The van der Waals surface area contributed by atoms with Crippen molar-refractivity contribution in [3.8, 4) is 40.8 Å². The van der Waals surface area contributed by atoms with E-state index in [1.54, 1.807) is 34.0 Å². The highest BCUT2D eigenvalue weighted by molar-refractivity contribution is 7.23. The van der Waals surface area contributed by atoms with E-state index in [2.05, 4.69) is 70.9 Å². The van der Waals surface area contributed by atoms with Gasteiger partial charge in [-0.1, -0.05) is 12.1 Å². The van der Waals surface area contributed by atoms with Crippen LogP contribution in [0, 0.1) is 0 Å². The minimum Gasteiger partial charge on any atom is -0.326 e. The molecule has 0 unspecified atom stereocenters. The van der Waals surface area contributed by atoms with Gasteiger partial charge < -0.3 is 4.57 Å². The van der Waals surface area contributed by atoms with Crippen LogP contribution in [-0.4, -0.2) is 9.55 Å². The SMILES string of the molecule is Cn1c(-c2ccc(-c3cccs3)s2)cnc1-c1ccc(-c2cccs2)s1. The highest BCUT2D eigenvalue weighted by Crippen LogP contribution is 2.39. The molecule has 0 spiro atoms. The lowest BCUT2D eigenvalue weighted by Gasteiger charge is -2.02. The third-order valence-corrected chi connectivity index (χ3v) is 8.52. The molecule has 0 fully saturated rings. The smallest absolute Gasteiger partial charge is 0.150 e. The van der Waals surface area contributed by atoms with Crippen molar-refractivity contribution >= 4 is 45.3 Å². The summed E-state index contributed by atoms with van der Waals surface area (Å²) in [6, 6.07) is 17.3. The summed E-state index contributed by atoms with van der Waals surface area (Å²) < 4.78 is 2.20. The predicted molar refractivity (Wildman–Crippen MR) is 116 cm³/mol. The van der Waals surface area contributed by atoms with E-state index >= 15 is 0 Å². The molecule has 5 aromatic heterocycles. The van der Waals surface area contributed by atoms with Crippen molar-refractivity contribution in [3.63, 3.8) is 0 Å². The lowest BCUT2D eigenvalue weighted by Crippen LogP contribution is -1.92. The second-order valence-corrected chi connectivity index (χ2v) is 9.87. The van der Waals surface area contributed by atoms with Crippen molar-refractivity contribution in [2.75, 3.05) is 0 Å². The summed E-state index contributed by atoms with van der Waals surface area (Å²) in [6.45, 7) is 0. The van der Waals surface area contributed by atoms with Crippen LogP contribution in [-0.2, 0) is 7.05 Å². The van der Waals surface area contributed by atoms with Crippen molar-refractivity contribution in [1.29, 1.82) is 0 Å². The van der Waals surface area contributed by atoms with Crippen molar-refractivity contribution < 1.29 is 0 Å². The number of hydrogen-bond donors (Lipinski definition) is 0. The molecule has 128 valence electrons. The molecule has 0 radical (unpaired) electrons. The van der Waals surface area contributed by atoms with Crippen LogP contribution in [0.3, 0.4) is 0 Å². The van der Waals surface area contributed by atoms with Gasteiger partial charge in [-0.25, -0.2) is 4.98 Å². The fourth-order valence-electron chi connectivity index (χ4n) is 2.90. The average Bonchev–Trinajstić information content (AvgIpc) is 3.44. The van der Waals surface area contributed by atoms with Gasteiger partial charge in [-0.05, 0) is 47.2 Å². The molecular weight excluding hydrogens is 397 g/mol. The molecular formula is C20H14N2S4. The van der Waals surface area contributed by atoms with Gasteiger partial charge in [-0.15, -0.1) is 45.3 Å². The first kappa shape index (κ1) is 16.2. The molecule has 5 rings (SSSR count). The monoisotopic (exact) mass is 410 g/mol. The van der Waals surface area contributed by atoms with Crippen LogP contribution in [0.25, 0.3) is 40.8 Å². The molecule has 0 saturated heterocycles. The zero-order valence-corrected chi connectivity index (χ0v) is 17.1. The maximum Gasteiger partial charge on any atom is 0.150 e. The molecule has 0 aromatic carbocycles. The van der Waals surface area contributed by atoms with E-state index in [-0.39, 0.29) is 0 Å². The summed E-state index contributed by atoms with van der Waals surface area (Å²) >= 11 is 7.19. The number of imidazole rings is 1. The van der Waals surface area contributed by atoms with Gasteiger partial charge >= 0.3 is 0 Å². The topological polar surface area (TPSA) is 17.8 Å². The molecule has 6 heteroatoms. The van der Waals surface area contributed by atoms with Crippen LogP contribution < -0.4 is 0 Å². The van der Waals surface area contributed by atoms with E-state index in [4.69, 9.17) is 4.98 Å². The molecule has 0 saturated carbocycles. The average molecular weight is 411 g/mol. The van der Waals surface area contributed by atoms with E-state index in [9.17, 15) is 0 Å². The van der Waals surface area contributed by atoms with Crippen molar-refractivity contribution in [2.24, 2.45) is 7.05 Å². The first-order valence-corrected chi connectivity index (χ1v) is 11.5. The summed E-state index contributed by atoms with van der Waals surface area (Å²) in [5, 5.41) is 4.24. The van der Waals surface area contributed by atoms with Crippen molar-refractivity contribution in [2.45, 2.75) is 0 Å². The number of thiophene rings is 4. The van der Waals surface area contributed by atoms with Gasteiger partial charge in [0.05, 0.1) is 21.6 Å². The molecule has 5 heterocycles. The van der Waals surface area contributed by atoms with E-state index in [1.165, 1.54) is 35.0 Å². The Morgan fingerprint density at radius 1 is 0.692 bits per heavy atom.